The summed E-state index contributed by atoms with van der Waals surface area (Å²) in [6, 6.07) is 1.12. The molecule has 0 spiro atoms. The highest BCUT2D eigenvalue weighted by Crippen LogP contribution is 2.34. The zero-order chi connectivity index (χ0) is 10.6. The summed E-state index contributed by atoms with van der Waals surface area (Å²) in [7, 11) is 4.15. The van der Waals surface area contributed by atoms with Gasteiger partial charge in [-0.1, -0.05) is 0 Å². The molecule has 0 radical (unpaired) electrons. The molecule has 0 aromatic carbocycles. The van der Waals surface area contributed by atoms with Gasteiger partial charge in [0.15, 0.2) is 0 Å². The van der Waals surface area contributed by atoms with Crippen molar-refractivity contribution in [2.45, 2.75) is 38.3 Å². The lowest BCUT2D eigenvalue weighted by Gasteiger charge is -2.28. The Hall–Kier alpha value is -0.120. The van der Waals surface area contributed by atoms with Gasteiger partial charge in [-0.25, -0.2) is 0 Å². The Balaban J connectivity index is 2.25. The maximum Gasteiger partial charge on any atom is 0.0446 e. The topological polar surface area (TPSA) is 35.5 Å². The molecule has 3 heteroatoms. The second-order valence-electron chi connectivity index (χ2n) is 4.52. The van der Waals surface area contributed by atoms with E-state index >= 15 is 0 Å². The summed E-state index contributed by atoms with van der Waals surface area (Å²) < 4.78 is 0. The lowest BCUT2D eigenvalue weighted by atomic mass is 10.1. The summed E-state index contributed by atoms with van der Waals surface area (Å²) in [4.78, 5) is 2.41. The van der Waals surface area contributed by atoms with Gasteiger partial charge < -0.3 is 15.3 Å². The SMILES string of the molecule is CNC(CCO)CN(C)C(C)C1CC1. The number of aliphatic hydroxyl groups excluding tert-OH is 1. The van der Waals surface area contributed by atoms with Crippen LogP contribution in [0.15, 0.2) is 0 Å². The van der Waals surface area contributed by atoms with Crippen LogP contribution in [0.5, 0.6) is 0 Å². The predicted octanol–water partition coefficient (Wildman–Crippen LogP) is 0.687. The molecule has 1 saturated carbocycles. The fourth-order valence-corrected chi connectivity index (χ4v) is 1.94. The van der Waals surface area contributed by atoms with Crippen molar-refractivity contribution < 1.29 is 5.11 Å². The monoisotopic (exact) mass is 200 g/mol. The standard InChI is InChI=1S/C11H24N2O/c1-9(10-4-5-10)13(3)8-11(12-2)6-7-14/h9-12,14H,4-8H2,1-3H3. The highest BCUT2D eigenvalue weighted by Gasteiger charge is 2.30. The van der Waals surface area contributed by atoms with Gasteiger partial charge in [0, 0.05) is 25.2 Å². The second-order valence-corrected chi connectivity index (χ2v) is 4.52. The maximum atomic E-state index is 8.88. The van der Waals surface area contributed by atoms with E-state index in [1.807, 2.05) is 7.05 Å². The van der Waals surface area contributed by atoms with E-state index in [9.17, 15) is 0 Å². The fourth-order valence-electron chi connectivity index (χ4n) is 1.94. The smallest absolute Gasteiger partial charge is 0.0446 e. The summed E-state index contributed by atoms with van der Waals surface area (Å²) in [5.74, 6) is 0.923. The third-order valence-electron chi connectivity index (χ3n) is 3.39. The van der Waals surface area contributed by atoms with Crippen LogP contribution < -0.4 is 5.32 Å². The van der Waals surface area contributed by atoms with Crippen molar-refractivity contribution in [3.63, 3.8) is 0 Å². The minimum absolute atomic E-state index is 0.275. The van der Waals surface area contributed by atoms with Gasteiger partial charge in [-0.15, -0.1) is 0 Å². The van der Waals surface area contributed by atoms with E-state index < -0.39 is 0 Å². The van der Waals surface area contributed by atoms with Crippen LogP contribution in [0, 0.1) is 5.92 Å². The third kappa shape index (κ3) is 3.56. The van der Waals surface area contributed by atoms with Crippen molar-refractivity contribution in [3.05, 3.63) is 0 Å². The number of hydrogen-bond acceptors (Lipinski definition) is 3. The lowest BCUT2D eigenvalue weighted by Crippen LogP contribution is -2.42. The van der Waals surface area contributed by atoms with E-state index in [0.717, 1.165) is 18.9 Å². The first kappa shape index (κ1) is 12.0. The van der Waals surface area contributed by atoms with Gasteiger partial charge in [0.2, 0.25) is 0 Å². The van der Waals surface area contributed by atoms with E-state index in [-0.39, 0.29) is 6.61 Å². The number of rotatable bonds is 7. The average molecular weight is 200 g/mol. The lowest BCUT2D eigenvalue weighted by molar-refractivity contribution is 0.191. The van der Waals surface area contributed by atoms with Crippen LogP contribution in [0.4, 0.5) is 0 Å². The Bertz CT molecular complexity index is 159. The molecule has 14 heavy (non-hydrogen) atoms. The molecule has 2 N–H and O–H groups in total. The van der Waals surface area contributed by atoms with Crippen molar-refractivity contribution in [2.75, 3.05) is 27.2 Å². The second kappa shape index (κ2) is 5.69. The molecule has 0 aromatic heterocycles. The quantitative estimate of drug-likeness (QED) is 0.634. The molecule has 2 unspecified atom stereocenters. The minimum atomic E-state index is 0.275. The molecule has 2 atom stereocenters. The first-order chi connectivity index (χ1) is 6.69. The van der Waals surface area contributed by atoms with E-state index in [1.54, 1.807) is 0 Å². The normalized spacial score (nSPS) is 21.2. The molecule has 0 bridgehead atoms. The van der Waals surface area contributed by atoms with Crippen LogP contribution >= 0.6 is 0 Å². The van der Waals surface area contributed by atoms with Gasteiger partial charge >= 0.3 is 0 Å². The summed E-state index contributed by atoms with van der Waals surface area (Å²) in [5, 5.41) is 12.1. The van der Waals surface area contributed by atoms with Crippen molar-refractivity contribution in [1.29, 1.82) is 0 Å². The van der Waals surface area contributed by atoms with Crippen molar-refractivity contribution >= 4 is 0 Å². The molecule has 1 aliphatic rings. The van der Waals surface area contributed by atoms with Crippen LogP contribution in [-0.2, 0) is 0 Å². The number of nitrogens with one attached hydrogen (secondary N) is 1. The molecule has 0 heterocycles. The molecule has 1 aliphatic carbocycles. The van der Waals surface area contributed by atoms with Gasteiger partial charge in [0.1, 0.15) is 0 Å². The zero-order valence-electron chi connectivity index (χ0n) is 9.66. The van der Waals surface area contributed by atoms with Crippen molar-refractivity contribution in [3.8, 4) is 0 Å². The van der Waals surface area contributed by atoms with Crippen molar-refractivity contribution in [2.24, 2.45) is 5.92 Å². The molecule has 1 fully saturated rings. The van der Waals surface area contributed by atoms with E-state index in [1.165, 1.54) is 12.8 Å². The first-order valence-electron chi connectivity index (χ1n) is 5.67. The Kier molecular flexibility index (Phi) is 4.85. The largest absolute Gasteiger partial charge is 0.396 e. The summed E-state index contributed by atoms with van der Waals surface area (Å²) >= 11 is 0. The number of nitrogens with zero attached hydrogens (tertiary/aromatic N) is 1. The molecule has 0 amide bonds. The highest BCUT2D eigenvalue weighted by atomic mass is 16.3. The molecule has 3 nitrogen and oxygen atoms in total. The molecule has 0 saturated heterocycles. The number of hydrogen-bond donors (Lipinski definition) is 2. The van der Waals surface area contributed by atoms with Gasteiger partial charge in [-0.3, -0.25) is 0 Å². The average Bonchev–Trinajstić information content (AvgIpc) is 2.99. The van der Waals surface area contributed by atoms with E-state index in [2.05, 4.69) is 24.2 Å². The van der Waals surface area contributed by atoms with Gasteiger partial charge in [0.05, 0.1) is 0 Å². The predicted molar refractivity (Wildman–Crippen MR) is 59.4 cm³/mol. The Morgan fingerprint density at radius 2 is 2.14 bits per heavy atom. The number of aliphatic hydroxyl groups is 1. The summed E-state index contributed by atoms with van der Waals surface area (Å²) in [6.07, 6.45) is 3.64. The zero-order valence-corrected chi connectivity index (χ0v) is 9.66. The van der Waals surface area contributed by atoms with Crippen LogP contribution in [0.2, 0.25) is 0 Å². The van der Waals surface area contributed by atoms with E-state index in [4.69, 9.17) is 5.11 Å². The van der Waals surface area contributed by atoms with Crippen LogP contribution in [0.1, 0.15) is 26.2 Å². The molecule has 0 aromatic rings. The Morgan fingerprint density at radius 1 is 1.50 bits per heavy atom. The minimum Gasteiger partial charge on any atom is -0.396 e. The van der Waals surface area contributed by atoms with Crippen molar-refractivity contribution in [1.82, 2.24) is 10.2 Å². The highest BCUT2D eigenvalue weighted by molar-refractivity contribution is 4.85. The van der Waals surface area contributed by atoms with Gasteiger partial charge in [0.25, 0.3) is 0 Å². The molecule has 0 aliphatic heterocycles. The van der Waals surface area contributed by atoms with E-state index in [0.29, 0.717) is 12.1 Å². The Labute approximate surface area is 87.5 Å². The first-order valence-corrected chi connectivity index (χ1v) is 5.67. The summed E-state index contributed by atoms with van der Waals surface area (Å²) in [6.45, 7) is 3.62. The van der Waals surface area contributed by atoms with Crippen LogP contribution in [0.25, 0.3) is 0 Å². The molecular formula is C11H24N2O. The Morgan fingerprint density at radius 3 is 2.57 bits per heavy atom. The van der Waals surface area contributed by atoms with Crippen LogP contribution in [-0.4, -0.2) is 49.3 Å². The third-order valence-corrected chi connectivity index (χ3v) is 3.39. The maximum absolute atomic E-state index is 8.88. The fraction of sp³-hybridized carbons (Fsp3) is 1.00. The molecule has 84 valence electrons. The molecular weight excluding hydrogens is 176 g/mol. The van der Waals surface area contributed by atoms with Gasteiger partial charge in [-0.05, 0) is 46.2 Å². The summed E-state index contributed by atoms with van der Waals surface area (Å²) in [5.41, 5.74) is 0. The number of likely N-dealkylation sites (N-methyl/N-ethyl adjacent to an activating group) is 2. The van der Waals surface area contributed by atoms with Gasteiger partial charge in [-0.2, -0.15) is 0 Å². The van der Waals surface area contributed by atoms with Crippen LogP contribution in [0.3, 0.4) is 0 Å². The molecule has 1 rings (SSSR count).